The van der Waals surface area contributed by atoms with Crippen molar-refractivity contribution in [2.45, 2.75) is 11.3 Å². The number of nitrogens with one attached hydrogen (secondary N) is 1. The molecular weight excluding hydrogens is 456 g/mol. The van der Waals surface area contributed by atoms with Crippen LogP contribution in [0.4, 0.5) is 5.69 Å². The molecule has 0 fully saturated rings. The molecule has 180 valence electrons. The molecule has 3 aromatic carbocycles. The van der Waals surface area contributed by atoms with Crippen LogP contribution in [0.2, 0.25) is 0 Å². The molecule has 0 bridgehead atoms. The van der Waals surface area contributed by atoms with Gasteiger partial charge in [-0.2, -0.15) is 0 Å². The maximum Gasteiger partial charge on any atom is 0.264 e. The molecule has 0 radical (unpaired) electrons. The summed E-state index contributed by atoms with van der Waals surface area (Å²) in [6, 6.07) is 20.1. The molecule has 34 heavy (non-hydrogen) atoms. The monoisotopic (exact) mass is 484 g/mol. The molecule has 1 amide bonds. The van der Waals surface area contributed by atoms with Crippen molar-refractivity contribution < 1.29 is 27.4 Å². The number of anilines is 1. The molecule has 3 aromatic rings. The lowest BCUT2D eigenvalue weighted by atomic mass is 10.1. The van der Waals surface area contributed by atoms with E-state index in [2.05, 4.69) is 5.32 Å². The first kappa shape index (κ1) is 24.9. The summed E-state index contributed by atoms with van der Waals surface area (Å²) in [6.07, 6.45) is 0.538. The number of sulfonamides is 1. The van der Waals surface area contributed by atoms with E-state index in [1.54, 1.807) is 62.8 Å². The van der Waals surface area contributed by atoms with Crippen molar-refractivity contribution in [1.29, 1.82) is 0 Å². The predicted octanol–water partition coefficient (Wildman–Crippen LogP) is 3.27. The zero-order valence-corrected chi connectivity index (χ0v) is 20.2. The summed E-state index contributed by atoms with van der Waals surface area (Å²) in [5.41, 5.74) is 1.28. The van der Waals surface area contributed by atoms with Crippen molar-refractivity contribution >= 4 is 21.6 Å². The highest BCUT2D eigenvalue weighted by Crippen LogP contribution is 2.28. The Hall–Kier alpha value is -3.72. The summed E-state index contributed by atoms with van der Waals surface area (Å²) in [5, 5.41) is 2.80. The lowest BCUT2D eigenvalue weighted by molar-refractivity contribution is -0.119. The molecule has 0 saturated heterocycles. The number of benzene rings is 3. The van der Waals surface area contributed by atoms with E-state index < -0.39 is 15.9 Å². The normalized spacial score (nSPS) is 10.9. The average molecular weight is 485 g/mol. The molecule has 0 saturated carbocycles. The zero-order chi connectivity index (χ0) is 24.6. The molecule has 0 spiro atoms. The van der Waals surface area contributed by atoms with Crippen molar-refractivity contribution in [3.63, 3.8) is 0 Å². The molecule has 0 aliphatic heterocycles. The van der Waals surface area contributed by atoms with Gasteiger partial charge in [-0.15, -0.1) is 0 Å². The fourth-order valence-corrected chi connectivity index (χ4v) is 4.80. The number of amides is 1. The molecule has 0 unspecified atom stereocenters. The van der Waals surface area contributed by atoms with E-state index in [9.17, 15) is 13.2 Å². The van der Waals surface area contributed by atoms with Gasteiger partial charge in [0.1, 0.15) is 12.3 Å². The van der Waals surface area contributed by atoms with E-state index in [1.807, 2.05) is 12.1 Å². The summed E-state index contributed by atoms with van der Waals surface area (Å²) in [7, 11) is 0.639. The largest absolute Gasteiger partial charge is 0.497 e. The number of methoxy groups -OCH3 is 3. The van der Waals surface area contributed by atoms with Crippen molar-refractivity contribution in [1.82, 2.24) is 5.32 Å². The summed E-state index contributed by atoms with van der Waals surface area (Å²) in [4.78, 5) is 12.9. The molecule has 3 rings (SSSR count). The Morgan fingerprint density at radius 2 is 1.59 bits per heavy atom. The maximum atomic E-state index is 13.4. The van der Waals surface area contributed by atoms with Gasteiger partial charge in [0, 0.05) is 12.6 Å². The Morgan fingerprint density at radius 3 is 2.26 bits per heavy atom. The van der Waals surface area contributed by atoms with Crippen molar-refractivity contribution in [2.75, 3.05) is 38.7 Å². The Labute approximate surface area is 200 Å². The highest BCUT2D eigenvalue weighted by molar-refractivity contribution is 7.92. The number of hydrogen-bond donors (Lipinski definition) is 1. The zero-order valence-electron chi connectivity index (χ0n) is 19.4. The smallest absolute Gasteiger partial charge is 0.264 e. The summed E-state index contributed by atoms with van der Waals surface area (Å²) in [5.74, 6) is 1.28. The number of ether oxygens (including phenoxy) is 3. The fourth-order valence-electron chi connectivity index (χ4n) is 3.37. The van der Waals surface area contributed by atoms with Crippen LogP contribution in [-0.4, -0.2) is 48.7 Å². The molecule has 0 aliphatic carbocycles. The molecule has 0 aromatic heterocycles. The van der Waals surface area contributed by atoms with Gasteiger partial charge in [-0.25, -0.2) is 8.42 Å². The Balaban J connectivity index is 1.75. The first-order valence-electron chi connectivity index (χ1n) is 10.6. The topological polar surface area (TPSA) is 94.2 Å². The van der Waals surface area contributed by atoms with Gasteiger partial charge in [-0.3, -0.25) is 9.10 Å². The van der Waals surface area contributed by atoms with Gasteiger partial charge in [0.2, 0.25) is 5.91 Å². The van der Waals surface area contributed by atoms with Crippen LogP contribution in [0.5, 0.6) is 17.2 Å². The second kappa shape index (κ2) is 11.4. The Morgan fingerprint density at radius 1 is 0.853 bits per heavy atom. The van der Waals surface area contributed by atoms with E-state index in [1.165, 1.54) is 19.2 Å². The van der Waals surface area contributed by atoms with Crippen molar-refractivity contribution in [2.24, 2.45) is 0 Å². The standard InChI is InChI=1S/C25H28N2O6S/c1-31-21-9-7-8-20(17-21)27(34(29,30)22-10-5-4-6-11-22)18-25(28)26-15-14-19-12-13-23(32-2)24(16-19)33-3/h4-13,16-17H,14-15,18H2,1-3H3,(H,26,28). The van der Waals surface area contributed by atoms with Crippen LogP contribution in [0.25, 0.3) is 0 Å². The number of rotatable bonds is 11. The van der Waals surface area contributed by atoms with E-state index in [0.29, 0.717) is 35.9 Å². The molecule has 8 nitrogen and oxygen atoms in total. The molecule has 1 N–H and O–H groups in total. The maximum absolute atomic E-state index is 13.4. The Bertz CT molecular complexity index is 1220. The van der Waals surface area contributed by atoms with E-state index in [0.717, 1.165) is 9.87 Å². The third kappa shape index (κ3) is 5.99. The first-order chi connectivity index (χ1) is 16.4. The van der Waals surface area contributed by atoms with Crippen molar-refractivity contribution in [3.8, 4) is 17.2 Å². The SMILES string of the molecule is COc1cccc(N(CC(=O)NCCc2ccc(OC)c(OC)c2)S(=O)(=O)c2ccccc2)c1. The number of carbonyl (C=O) groups excluding carboxylic acids is 1. The third-order valence-electron chi connectivity index (χ3n) is 5.14. The van der Waals surface area contributed by atoms with Gasteiger partial charge in [0.25, 0.3) is 10.0 Å². The van der Waals surface area contributed by atoms with Crippen LogP contribution in [0.1, 0.15) is 5.56 Å². The van der Waals surface area contributed by atoms with Crippen LogP contribution >= 0.6 is 0 Å². The van der Waals surface area contributed by atoms with Gasteiger partial charge < -0.3 is 19.5 Å². The minimum atomic E-state index is -3.98. The molecule has 0 aliphatic rings. The lowest BCUT2D eigenvalue weighted by Crippen LogP contribution is -2.41. The lowest BCUT2D eigenvalue weighted by Gasteiger charge is -2.24. The molecular formula is C25H28N2O6S. The van der Waals surface area contributed by atoms with Crippen LogP contribution in [-0.2, 0) is 21.2 Å². The summed E-state index contributed by atoms with van der Waals surface area (Å²) < 4.78 is 43.6. The van der Waals surface area contributed by atoms with Gasteiger partial charge in [-0.05, 0) is 48.4 Å². The Kier molecular flexibility index (Phi) is 8.37. The van der Waals surface area contributed by atoms with Crippen LogP contribution < -0.4 is 23.8 Å². The molecule has 0 heterocycles. The number of hydrogen-bond acceptors (Lipinski definition) is 6. The third-order valence-corrected chi connectivity index (χ3v) is 6.93. The number of nitrogens with zero attached hydrogens (tertiary/aromatic N) is 1. The van der Waals surface area contributed by atoms with Gasteiger partial charge in [-0.1, -0.05) is 30.3 Å². The summed E-state index contributed by atoms with van der Waals surface area (Å²) in [6.45, 7) is -0.0536. The minimum absolute atomic E-state index is 0.0935. The van der Waals surface area contributed by atoms with Crippen molar-refractivity contribution in [3.05, 3.63) is 78.4 Å². The second-order valence-electron chi connectivity index (χ2n) is 7.32. The molecule has 0 atom stereocenters. The van der Waals surface area contributed by atoms with E-state index >= 15 is 0 Å². The highest BCUT2D eigenvalue weighted by atomic mass is 32.2. The van der Waals surface area contributed by atoms with Crippen LogP contribution in [0.3, 0.4) is 0 Å². The van der Waals surface area contributed by atoms with Gasteiger partial charge in [0.05, 0.1) is 31.9 Å². The van der Waals surface area contributed by atoms with Crippen LogP contribution in [0.15, 0.2) is 77.7 Å². The van der Waals surface area contributed by atoms with E-state index in [4.69, 9.17) is 14.2 Å². The fraction of sp³-hybridized carbons (Fsp3) is 0.240. The predicted molar refractivity (Wildman–Crippen MR) is 130 cm³/mol. The average Bonchev–Trinajstić information content (AvgIpc) is 2.87. The second-order valence-corrected chi connectivity index (χ2v) is 9.18. The summed E-state index contributed by atoms with van der Waals surface area (Å²) >= 11 is 0. The van der Waals surface area contributed by atoms with E-state index in [-0.39, 0.29) is 11.4 Å². The highest BCUT2D eigenvalue weighted by Gasteiger charge is 2.27. The quantitative estimate of drug-likeness (QED) is 0.449. The van der Waals surface area contributed by atoms with Crippen LogP contribution in [0, 0.1) is 0 Å². The molecule has 9 heteroatoms. The first-order valence-corrected chi connectivity index (χ1v) is 12.0. The van der Waals surface area contributed by atoms with Gasteiger partial charge in [0.15, 0.2) is 11.5 Å². The number of carbonyl (C=O) groups is 1. The minimum Gasteiger partial charge on any atom is -0.497 e. The van der Waals surface area contributed by atoms with Gasteiger partial charge >= 0.3 is 0 Å².